The molecule has 1 aliphatic rings. The maximum atomic E-state index is 12.6. The summed E-state index contributed by atoms with van der Waals surface area (Å²) in [6.45, 7) is 3.61. The summed E-state index contributed by atoms with van der Waals surface area (Å²) in [6.07, 6.45) is 1.65. The third-order valence-electron chi connectivity index (χ3n) is 3.76. The summed E-state index contributed by atoms with van der Waals surface area (Å²) in [5.74, 6) is -0.625. The molecule has 1 saturated carbocycles. The van der Waals surface area contributed by atoms with Gasteiger partial charge >= 0.3 is 0 Å². The molecule has 1 aromatic heterocycles. The lowest BCUT2D eigenvalue weighted by Crippen LogP contribution is -2.48. The Hall–Kier alpha value is -1.40. The highest BCUT2D eigenvalue weighted by atomic mass is 32.1. The summed E-state index contributed by atoms with van der Waals surface area (Å²) in [4.78, 5) is 27.6. The number of hydrogen-bond acceptors (Lipinski definition) is 4. The number of nitrogens with one attached hydrogen (secondary N) is 1. The van der Waals surface area contributed by atoms with Crippen LogP contribution in [0.3, 0.4) is 0 Å². The number of nitrogens with zero attached hydrogens (tertiary/aromatic N) is 1. The largest absolute Gasteiger partial charge is 0.333 e. The zero-order valence-electron chi connectivity index (χ0n) is 11.3. The van der Waals surface area contributed by atoms with Crippen LogP contribution in [0.4, 0.5) is 0 Å². The summed E-state index contributed by atoms with van der Waals surface area (Å²) >= 11 is 1.63. The van der Waals surface area contributed by atoms with Crippen molar-refractivity contribution < 1.29 is 14.8 Å². The van der Waals surface area contributed by atoms with Crippen molar-refractivity contribution in [3.8, 4) is 0 Å². The predicted molar refractivity (Wildman–Crippen MR) is 72.1 cm³/mol. The first-order valence-electron chi connectivity index (χ1n) is 6.20. The number of thiophene rings is 1. The molecule has 1 atom stereocenters. The lowest BCUT2D eigenvalue weighted by Gasteiger charge is -2.27. The minimum absolute atomic E-state index is 0.0505. The molecule has 0 bridgehead atoms. The summed E-state index contributed by atoms with van der Waals surface area (Å²) in [7, 11) is 1.60. The van der Waals surface area contributed by atoms with Crippen LogP contribution in [0.5, 0.6) is 0 Å². The molecule has 104 valence electrons. The van der Waals surface area contributed by atoms with Crippen molar-refractivity contribution >= 4 is 23.2 Å². The van der Waals surface area contributed by atoms with Gasteiger partial charge in [-0.1, -0.05) is 0 Å². The van der Waals surface area contributed by atoms with E-state index >= 15 is 0 Å². The van der Waals surface area contributed by atoms with Gasteiger partial charge in [0, 0.05) is 16.8 Å². The molecule has 0 radical (unpaired) electrons. The molecule has 1 unspecified atom stereocenters. The van der Waals surface area contributed by atoms with E-state index in [2.05, 4.69) is 0 Å². The van der Waals surface area contributed by atoms with Gasteiger partial charge in [0.25, 0.3) is 5.91 Å². The van der Waals surface area contributed by atoms with Crippen molar-refractivity contribution in [2.45, 2.75) is 38.1 Å². The SMILES string of the molecule is Cc1ccc(C2(C(=O)N(C)C(C)C(=O)NO)CC2)s1. The predicted octanol–water partition coefficient (Wildman–Crippen LogP) is 1.44. The maximum Gasteiger partial charge on any atom is 0.265 e. The van der Waals surface area contributed by atoms with Gasteiger partial charge in [-0.3, -0.25) is 14.8 Å². The number of carbonyl (C=O) groups is 2. The molecule has 5 nitrogen and oxygen atoms in total. The average molecular weight is 282 g/mol. The van der Waals surface area contributed by atoms with Gasteiger partial charge < -0.3 is 4.90 Å². The van der Waals surface area contributed by atoms with Crippen LogP contribution < -0.4 is 5.48 Å². The number of hydrogen-bond donors (Lipinski definition) is 2. The number of rotatable bonds is 4. The van der Waals surface area contributed by atoms with Crippen LogP contribution in [0, 0.1) is 6.92 Å². The topological polar surface area (TPSA) is 69.6 Å². The molecule has 0 aliphatic heterocycles. The molecule has 2 rings (SSSR count). The van der Waals surface area contributed by atoms with Gasteiger partial charge in [-0.05, 0) is 38.8 Å². The first kappa shape index (κ1) is 14.0. The van der Waals surface area contributed by atoms with Gasteiger partial charge in [-0.15, -0.1) is 11.3 Å². The second-order valence-electron chi connectivity index (χ2n) is 5.06. The van der Waals surface area contributed by atoms with E-state index < -0.39 is 17.4 Å². The lowest BCUT2D eigenvalue weighted by molar-refractivity contribution is -0.143. The van der Waals surface area contributed by atoms with Gasteiger partial charge in [0.15, 0.2) is 0 Å². The highest BCUT2D eigenvalue weighted by molar-refractivity contribution is 7.12. The van der Waals surface area contributed by atoms with E-state index in [-0.39, 0.29) is 5.91 Å². The van der Waals surface area contributed by atoms with Crippen molar-refractivity contribution in [1.29, 1.82) is 0 Å². The zero-order valence-corrected chi connectivity index (χ0v) is 12.1. The Kier molecular flexibility index (Phi) is 3.64. The van der Waals surface area contributed by atoms with Crippen molar-refractivity contribution in [3.63, 3.8) is 0 Å². The summed E-state index contributed by atoms with van der Waals surface area (Å²) in [5, 5.41) is 8.64. The normalized spacial score (nSPS) is 17.7. The van der Waals surface area contributed by atoms with Crippen molar-refractivity contribution in [1.82, 2.24) is 10.4 Å². The summed E-state index contributed by atoms with van der Waals surface area (Å²) in [5.41, 5.74) is 1.14. The van der Waals surface area contributed by atoms with Crippen molar-refractivity contribution in [2.75, 3.05) is 7.05 Å². The third-order valence-corrected chi connectivity index (χ3v) is 4.97. The standard InChI is InChI=1S/C13H18N2O3S/c1-8-4-5-10(19-8)13(6-7-13)12(17)15(3)9(2)11(16)14-18/h4-5,9,18H,6-7H2,1-3H3,(H,14,16). The van der Waals surface area contributed by atoms with Crippen LogP contribution in [0.15, 0.2) is 12.1 Å². The molecular weight excluding hydrogens is 264 g/mol. The van der Waals surface area contributed by atoms with Crippen molar-refractivity contribution in [3.05, 3.63) is 21.9 Å². The van der Waals surface area contributed by atoms with E-state index in [0.717, 1.165) is 17.7 Å². The highest BCUT2D eigenvalue weighted by Gasteiger charge is 2.54. The minimum Gasteiger partial charge on any atom is -0.333 e. The number of likely N-dealkylation sites (N-methyl/N-ethyl adjacent to an activating group) is 1. The molecule has 2 amide bonds. The molecular formula is C13H18N2O3S. The number of amides is 2. The quantitative estimate of drug-likeness (QED) is 0.648. The summed E-state index contributed by atoms with van der Waals surface area (Å²) < 4.78 is 0. The van der Waals surface area contributed by atoms with E-state index in [1.165, 1.54) is 9.78 Å². The Labute approximate surface area is 116 Å². The van der Waals surface area contributed by atoms with Crippen LogP contribution in [0.25, 0.3) is 0 Å². The van der Waals surface area contributed by atoms with E-state index in [9.17, 15) is 9.59 Å². The van der Waals surface area contributed by atoms with Crippen LogP contribution in [-0.2, 0) is 15.0 Å². The minimum atomic E-state index is -0.684. The molecule has 1 heterocycles. The Bertz CT molecular complexity index is 508. The fourth-order valence-corrected chi connectivity index (χ4v) is 3.27. The Morgan fingerprint density at radius 3 is 2.53 bits per heavy atom. The first-order chi connectivity index (χ1) is 8.92. The first-order valence-corrected chi connectivity index (χ1v) is 7.02. The van der Waals surface area contributed by atoms with E-state index in [4.69, 9.17) is 5.21 Å². The van der Waals surface area contributed by atoms with Crippen molar-refractivity contribution in [2.24, 2.45) is 0 Å². The number of hydroxylamine groups is 1. The van der Waals surface area contributed by atoms with E-state index in [0.29, 0.717) is 0 Å². The van der Waals surface area contributed by atoms with Gasteiger partial charge in [-0.25, -0.2) is 5.48 Å². The Morgan fingerprint density at radius 1 is 1.47 bits per heavy atom. The van der Waals surface area contributed by atoms with Gasteiger partial charge in [0.05, 0.1) is 5.41 Å². The Morgan fingerprint density at radius 2 is 2.11 bits per heavy atom. The van der Waals surface area contributed by atoms with E-state index in [1.807, 2.05) is 19.1 Å². The second-order valence-corrected chi connectivity index (χ2v) is 6.35. The number of carbonyl (C=O) groups excluding carboxylic acids is 2. The van der Waals surface area contributed by atoms with E-state index in [1.54, 1.807) is 30.8 Å². The number of aryl methyl sites for hydroxylation is 1. The highest BCUT2D eigenvalue weighted by Crippen LogP contribution is 2.51. The lowest BCUT2D eigenvalue weighted by atomic mass is 10.0. The fourth-order valence-electron chi connectivity index (χ4n) is 2.17. The smallest absolute Gasteiger partial charge is 0.265 e. The molecule has 6 heteroatoms. The molecule has 1 aliphatic carbocycles. The maximum absolute atomic E-state index is 12.6. The second kappa shape index (κ2) is 4.94. The van der Waals surface area contributed by atoms with Gasteiger partial charge in [-0.2, -0.15) is 0 Å². The zero-order chi connectivity index (χ0) is 14.2. The monoisotopic (exact) mass is 282 g/mol. The molecule has 1 aromatic rings. The van der Waals surface area contributed by atoms with Crippen LogP contribution in [-0.4, -0.2) is 35.0 Å². The molecule has 1 fully saturated rings. The van der Waals surface area contributed by atoms with Crippen LogP contribution >= 0.6 is 11.3 Å². The average Bonchev–Trinajstić information content (AvgIpc) is 3.11. The van der Waals surface area contributed by atoms with Gasteiger partial charge in [0.1, 0.15) is 6.04 Å². The summed E-state index contributed by atoms with van der Waals surface area (Å²) in [6, 6.07) is 3.32. The fraction of sp³-hybridized carbons (Fsp3) is 0.538. The molecule has 0 spiro atoms. The van der Waals surface area contributed by atoms with Crippen LogP contribution in [0.2, 0.25) is 0 Å². The third kappa shape index (κ3) is 2.37. The van der Waals surface area contributed by atoms with Gasteiger partial charge in [0.2, 0.25) is 5.91 Å². The molecule has 0 saturated heterocycles. The molecule has 19 heavy (non-hydrogen) atoms. The Balaban J connectivity index is 2.18. The van der Waals surface area contributed by atoms with Crippen LogP contribution in [0.1, 0.15) is 29.5 Å². The molecule has 2 N–H and O–H groups in total. The molecule has 0 aromatic carbocycles.